The molecule has 0 radical (unpaired) electrons. The SMILES string of the molecule is Nc1ccc(Cl)cc1[C@@H](N)CC1CC1. The highest BCUT2D eigenvalue weighted by Crippen LogP contribution is 2.38. The second-order valence-electron chi connectivity index (χ2n) is 4.06. The van der Waals surface area contributed by atoms with Gasteiger partial charge in [0, 0.05) is 16.8 Å². The minimum atomic E-state index is 0.0428. The number of hydrogen-bond donors (Lipinski definition) is 2. The zero-order chi connectivity index (χ0) is 10.1. The number of hydrogen-bond acceptors (Lipinski definition) is 2. The van der Waals surface area contributed by atoms with Crippen LogP contribution in [0.1, 0.15) is 30.9 Å². The highest BCUT2D eigenvalue weighted by Gasteiger charge is 2.25. The summed E-state index contributed by atoms with van der Waals surface area (Å²) in [6.45, 7) is 0. The maximum Gasteiger partial charge on any atom is 0.0410 e. The average Bonchev–Trinajstić information content (AvgIpc) is 2.93. The van der Waals surface area contributed by atoms with E-state index in [-0.39, 0.29) is 6.04 Å². The Kier molecular flexibility index (Phi) is 2.66. The molecule has 0 aromatic heterocycles. The Morgan fingerprint density at radius 2 is 2.14 bits per heavy atom. The van der Waals surface area contributed by atoms with E-state index >= 15 is 0 Å². The van der Waals surface area contributed by atoms with Crippen LogP contribution in [0.4, 0.5) is 5.69 Å². The summed E-state index contributed by atoms with van der Waals surface area (Å²) in [5.41, 5.74) is 13.7. The van der Waals surface area contributed by atoms with Gasteiger partial charge in [-0.3, -0.25) is 0 Å². The van der Waals surface area contributed by atoms with E-state index in [4.69, 9.17) is 23.1 Å². The molecule has 0 heterocycles. The van der Waals surface area contributed by atoms with Gasteiger partial charge in [-0.15, -0.1) is 0 Å². The molecule has 1 atom stereocenters. The van der Waals surface area contributed by atoms with Crippen LogP contribution in [-0.4, -0.2) is 0 Å². The summed E-state index contributed by atoms with van der Waals surface area (Å²) < 4.78 is 0. The number of halogens is 1. The Hall–Kier alpha value is -0.730. The average molecular weight is 211 g/mol. The van der Waals surface area contributed by atoms with E-state index in [1.54, 1.807) is 6.07 Å². The molecule has 0 amide bonds. The van der Waals surface area contributed by atoms with E-state index in [2.05, 4.69) is 0 Å². The number of anilines is 1. The largest absolute Gasteiger partial charge is 0.398 e. The molecule has 1 saturated carbocycles. The molecule has 0 unspecified atom stereocenters. The first-order valence-corrected chi connectivity index (χ1v) is 5.35. The van der Waals surface area contributed by atoms with Gasteiger partial charge in [-0.25, -0.2) is 0 Å². The number of nitrogens with two attached hydrogens (primary N) is 2. The smallest absolute Gasteiger partial charge is 0.0410 e. The topological polar surface area (TPSA) is 52.0 Å². The molecule has 0 spiro atoms. The molecule has 2 nitrogen and oxygen atoms in total. The Morgan fingerprint density at radius 3 is 2.79 bits per heavy atom. The van der Waals surface area contributed by atoms with E-state index in [9.17, 15) is 0 Å². The minimum absolute atomic E-state index is 0.0428. The van der Waals surface area contributed by atoms with Gasteiger partial charge in [0.15, 0.2) is 0 Å². The third-order valence-electron chi connectivity index (χ3n) is 2.73. The van der Waals surface area contributed by atoms with Crippen LogP contribution in [0.5, 0.6) is 0 Å². The van der Waals surface area contributed by atoms with Crippen molar-refractivity contribution in [2.45, 2.75) is 25.3 Å². The number of rotatable bonds is 3. The van der Waals surface area contributed by atoms with Gasteiger partial charge >= 0.3 is 0 Å². The molecule has 2 rings (SSSR count). The molecule has 3 heteroatoms. The van der Waals surface area contributed by atoms with Crippen LogP contribution in [0.3, 0.4) is 0 Å². The van der Waals surface area contributed by atoms with Crippen molar-refractivity contribution in [2.75, 3.05) is 5.73 Å². The molecule has 4 N–H and O–H groups in total. The van der Waals surface area contributed by atoms with E-state index < -0.39 is 0 Å². The highest BCUT2D eigenvalue weighted by atomic mass is 35.5. The summed E-state index contributed by atoms with van der Waals surface area (Å²) >= 11 is 5.90. The van der Waals surface area contributed by atoms with Crippen molar-refractivity contribution >= 4 is 17.3 Å². The molecular formula is C11H15ClN2. The summed E-state index contributed by atoms with van der Waals surface area (Å²) in [6.07, 6.45) is 3.66. The summed E-state index contributed by atoms with van der Waals surface area (Å²) in [4.78, 5) is 0. The summed E-state index contributed by atoms with van der Waals surface area (Å²) in [5.74, 6) is 0.809. The first kappa shape index (κ1) is 9.81. The molecule has 0 saturated heterocycles. The van der Waals surface area contributed by atoms with Crippen molar-refractivity contribution in [1.82, 2.24) is 0 Å². The second kappa shape index (κ2) is 3.79. The highest BCUT2D eigenvalue weighted by molar-refractivity contribution is 6.30. The quantitative estimate of drug-likeness (QED) is 0.754. The monoisotopic (exact) mass is 210 g/mol. The molecule has 14 heavy (non-hydrogen) atoms. The van der Waals surface area contributed by atoms with E-state index in [1.165, 1.54) is 12.8 Å². The van der Waals surface area contributed by atoms with Crippen molar-refractivity contribution in [3.8, 4) is 0 Å². The van der Waals surface area contributed by atoms with Crippen LogP contribution in [0.25, 0.3) is 0 Å². The molecule has 1 fully saturated rings. The molecule has 1 aliphatic carbocycles. The van der Waals surface area contributed by atoms with Crippen LogP contribution < -0.4 is 11.5 Å². The number of benzene rings is 1. The van der Waals surface area contributed by atoms with Gasteiger partial charge in [-0.1, -0.05) is 24.4 Å². The van der Waals surface area contributed by atoms with Crippen LogP contribution in [-0.2, 0) is 0 Å². The molecule has 1 aromatic carbocycles. The van der Waals surface area contributed by atoms with Crippen molar-refractivity contribution in [2.24, 2.45) is 11.7 Å². The third-order valence-corrected chi connectivity index (χ3v) is 2.97. The Bertz CT molecular complexity index is 334. The molecule has 1 aliphatic rings. The lowest BCUT2D eigenvalue weighted by Crippen LogP contribution is -2.13. The summed E-state index contributed by atoms with van der Waals surface area (Å²) in [5, 5.41) is 0.709. The molecular weight excluding hydrogens is 196 g/mol. The van der Waals surface area contributed by atoms with Gasteiger partial charge in [0.05, 0.1) is 0 Å². The standard InChI is InChI=1S/C11H15ClN2/c12-8-3-4-10(13)9(6-8)11(14)5-7-1-2-7/h3-4,6-7,11H,1-2,5,13-14H2/t11-/m0/s1. The summed E-state index contributed by atoms with van der Waals surface area (Å²) in [6, 6.07) is 5.54. The zero-order valence-electron chi connectivity index (χ0n) is 8.04. The second-order valence-corrected chi connectivity index (χ2v) is 4.50. The van der Waals surface area contributed by atoms with E-state index in [0.29, 0.717) is 5.02 Å². The summed E-state index contributed by atoms with van der Waals surface area (Å²) in [7, 11) is 0. The van der Waals surface area contributed by atoms with Crippen LogP contribution in [0.15, 0.2) is 18.2 Å². The van der Waals surface area contributed by atoms with E-state index in [0.717, 1.165) is 23.6 Å². The lowest BCUT2D eigenvalue weighted by atomic mass is 10.0. The van der Waals surface area contributed by atoms with Crippen LogP contribution in [0, 0.1) is 5.92 Å². The Morgan fingerprint density at radius 1 is 1.43 bits per heavy atom. The fourth-order valence-corrected chi connectivity index (χ4v) is 1.89. The first-order valence-electron chi connectivity index (χ1n) is 4.97. The van der Waals surface area contributed by atoms with Crippen molar-refractivity contribution in [3.05, 3.63) is 28.8 Å². The molecule has 0 bridgehead atoms. The Balaban J connectivity index is 2.15. The van der Waals surface area contributed by atoms with E-state index in [1.807, 2.05) is 12.1 Å². The predicted molar refractivity (Wildman–Crippen MR) is 60.1 cm³/mol. The normalized spacial score (nSPS) is 18.1. The van der Waals surface area contributed by atoms with Crippen molar-refractivity contribution in [3.63, 3.8) is 0 Å². The maximum absolute atomic E-state index is 6.07. The molecule has 0 aliphatic heterocycles. The van der Waals surface area contributed by atoms with Gasteiger partial charge < -0.3 is 11.5 Å². The van der Waals surface area contributed by atoms with Crippen molar-refractivity contribution in [1.29, 1.82) is 0 Å². The zero-order valence-corrected chi connectivity index (χ0v) is 8.80. The van der Waals surface area contributed by atoms with Crippen LogP contribution >= 0.6 is 11.6 Å². The van der Waals surface area contributed by atoms with Gasteiger partial charge in [-0.05, 0) is 36.1 Å². The fraction of sp³-hybridized carbons (Fsp3) is 0.455. The number of nitrogen functional groups attached to an aromatic ring is 1. The molecule has 1 aromatic rings. The van der Waals surface area contributed by atoms with Crippen molar-refractivity contribution < 1.29 is 0 Å². The maximum atomic E-state index is 6.07. The van der Waals surface area contributed by atoms with Gasteiger partial charge in [-0.2, -0.15) is 0 Å². The third kappa shape index (κ3) is 2.20. The van der Waals surface area contributed by atoms with Gasteiger partial charge in [0.1, 0.15) is 0 Å². The lowest BCUT2D eigenvalue weighted by Gasteiger charge is -2.14. The van der Waals surface area contributed by atoms with Gasteiger partial charge in [0.2, 0.25) is 0 Å². The molecule has 76 valence electrons. The Labute approximate surface area is 89.2 Å². The lowest BCUT2D eigenvalue weighted by molar-refractivity contribution is 0.598. The fourth-order valence-electron chi connectivity index (χ4n) is 1.71. The minimum Gasteiger partial charge on any atom is -0.398 e. The first-order chi connectivity index (χ1) is 6.66. The van der Waals surface area contributed by atoms with Crippen LogP contribution in [0.2, 0.25) is 5.02 Å². The predicted octanol–water partition coefficient (Wildman–Crippen LogP) is 2.72. The van der Waals surface area contributed by atoms with Gasteiger partial charge in [0.25, 0.3) is 0 Å².